The average Bonchev–Trinajstić information content (AvgIpc) is 3.56. The highest BCUT2D eigenvalue weighted by atomic mass is 32.2. The van der Waals surface area contributed by atoms with Crippen LogP contribution in [0.5, 0.6) is 11.5 Å². The third-order valence-electron chi connectivity index (χ3n) is 6.84. The number of carbonyl (C=O) groups is 2. The Morgan fingerprint density at radius 1 is 1.02 bits per heavy atom. The summed E-state index contributed by atoms with van der Waals surface area (Å²) in [6.07, 6.45) is 0.738. The van der Waals surface area contributed by atoms with Crippen LogP contribution in [0.3, 0.4) is 0 Å². The summed E-state index contributed by atoms with van der Waals surface area (Å²) in [7, 11) is -2.46. The summed E-state index contributed by atoms with van der Waals surface area (Å²) < 4.78 is 46.8. The van der Waals surface area contributed by atoms with E-state index in [1.165, 1.54) is 47.0 Å². The smallest absolute Gasteiger partial charge is 0.307 e. The second-order valence-electron chi connectivity index (χ2n) is 9.22. The van der Waals surface area contributed by atoms with Crippen LogP contribution in [0.15, 0.2) is 70.6 Å². The van der Waals surface area contributed by atoms with E-state index in [0.717, 1.165) is 15.8 Å². The van der Waals surface area contributed by atoms with Crippen molar-refractivity contribution in [2.75, 3.05) is 31.2 Å². The van der Waals surface area contributed by atoms with Gasteiger partial charge in [-0.05, 0) is 42.3 Å². The number of sulfonamides is 1. The Kier molecular flexibility index (Phi) is 6.80. The molecule has 0 fully saturated rings. The van der Waals surface area contributed by atoms with Crippen molar-refractivity contribution in [1.29, 1.82) is 0 Å². The number of fused-ring (bicyclic) bond motifs is 3. The van der Waals surface area contributed by atoms with E-state index in [0.29, 0.717) is 48.2 Å². The van der Waals surface area contributed by atoms with E-state index in [-0.39, 0.29) is 29.4 Å². The van der Waals surface area contributed by atoms with Crippen molar-refractivity contribution in [1.82, 2.24) is 4.57 Å². The molecule has 206 valence electrons. The number of ether oxygens (including phenoxy) is 3. The van der Waals surface area contributed by atoms with Crippen LogP contribution >= 0.6 is 11.3 Å². The van der Waals surface area contributed by atoms with E-state index in [1.807, 2.05) is 30.3 Å². The molecule has 2 aliphatic heterocycles. The molecule has 10 nitrogen and oxygen atoms in total. The maximum Gasteiger partial charge on any atom is 0.307 e. The maximum atomic E-state index is 13.3. The number of hydrogen-bond acceptors (Lipinski definition) is 8. The normalized spacial score (nSPS) is 14.8. The molecule has 2 aliphatic rings. The van der Waals surface area contributed by atoms with Crippen LogP contribution in [0.2, 0.25) is 0 Å². The van der Waals surface area contributed by atoms with Crippen LogP contribution in [-0.2, 0) is 32.5 Å². The lowest BCUT2D eigenvalue weighted by atomic mass is 10.2. The van der Waals surface area contributed by atoms with Gasteiger partial charge in [0.1, 0.15) is 13.2 Å². The quantitative estimate of drug-likeness (QED) is 0.321. The van der Waals surface area contributed by atoms with Gasteiger partial charge >= 0.3 is 5.97 Å². The van der Waals surface area contributed by atoms with Crippen LogP contribution in [0.25, 0.3) is 10.2 Å². The number of aryl methyl sites for hydroxylation is 1. The Morgan fingerprint density at radius 3 is 2.50 bits per heavy atom. The molecule has 0 aliphatic carbocycles. The Morgan fingerprint density at radius 2 is 1.75 bits per heavy atom. The van der Waals surface area contributed by atoms with Crippen molar-refractivity contribution >= 4 is 49.1 Å². The van der Waals surface area contributed by atoms with Crippen molar-refractivity contribution in [3.63, 3.8) is 0 Å². The fourth-order valence-electron chi connectivity index (χ4n) is 4.82. The zero-order valence-electron chi connectivity index (χ0n) is 21.5. The van der Waals surface area contributed by atoms with Crippen molar-refractivity contribution in [2.24, 2.45) is 4.99 Å². The lowest BCUT2D eigenvalue weighted by Crippen LogP contribution is -2.29. The average molecular weight is 580 g/mol. The van der Waals surface area contributed by atoms with Gasteiger partial charge in [0.05, 0.1) is 34.3 Å². The SMILES string of the molecule is COC(=O)CCn1c(=NC(=O)c2ccc(S(=O)(=O)N3CCc4ccccc43)cc2)sc2cc3c(cc21)OCCO3. The van der Waals surface area contributed by atoms with Gasteiger partial charge < -0.3 is 18.8 Å². The highest BCUT2D eigenvalue weighted by Gasteiger charge is 2.30. The number of anilines is 1. The molecular weight excluding hydrogens is 554 g/mol. The first kappa shape index (κ1) is 26.1. The molecule has 0 saturated heterocycles. The molecule has 4 aromatic rings. The number of carbonyl (C=O) groups excluding carboxylic acids is 2. The standard InChI is InChI=1S/C28H25N3O7S2/c1-36-26(32)11-12-30-22-16-23-24(38-15-14-37-23)17-25(22)39-28(30)29-27(33)19-6-8-20(9-7-19)40(34,35)31-13-10-18-4-2-3-5-21(18)31/h2-9,16-17H,10-15H2,1H3. The van der Waals surface area contributed by atoms with E-state index in [2.05, 4.69) is 4.99 Å². The van der Waals surface area contributed by atoms with Crippen LogP contribution in [0, 0.1) is 0 Å². The van der Waals surface area contributed by atoms with Crippen molar-refractivity contribution in [2.45, 2.75) is 24.3 Å². The largest absolute Gasteiger partial charge is 0.486 e. The summed E-state index contributed by atoms with van der Waals surface area (Å²) in [5, 5.41) is 0. The van der Waals surface area contributed by atoms with E-state index in [1.54, 1.807) is 10.6 Å². The number of esters is 1. The highest BCUT2D eigenvalue weighted by Crippen LogP contribution is 2.36. The second-order valence-corrected chi connectivity index (χ2v) is 12.1. The zero-order chi connectivity index (χ0) is 27.9. The zero-order valence-corrected chi connectivity index (χ0v) is 23.2. The van der Waals surface area contributed by atoms with Gasteiger partial charge in [-0.3, -0.25) is 13.9 Å². The Hall–Kier alpha value is -4.16. The number of rotatable bonds is 6. The number of aromatic nitrogens is 1. The number of hydrogen-bond donors (Lipinski definition) is 0. The van der Waals surface area contributed by atoms with Crippen LogP contribution in [0.4, 0.5) is 5.69 Å². The van der Waals surface area contributed by atoms with Gasteiger partial charge in [-0.15, -0.1) is 0 Å². The third kappa shape index (κ3) is 4.73. The second kappa shape index (κ2) is 10.4. The minimum absolute atomic E-state index is 0.0876. The molecule has 0 atom stereocenters. The first-order valence-corrected chi connectivity index (χ1v) is 14.9. The number of nitrogens with zero attached hydrogens (tertiary/aromatic N) is 3. The van der Waals surface area contributed by atoms with E-state index in [4.69, 9.17) is 14.2 Å². The molecule has 40 heavy (non-hydrogen) atoms. The fourth-order valence-corrected chi connectivity index (χ4v) is 7.39. The molecule has 0 N–H and O–H groups in total. The van der Waals surface area contributed by atoms with Gasteiger partial charge in [0.25, 0.3) is 15.9 Å². The van der Waals surface area contributed by atoms with Gasteiger partial charge in [-0.1, -0.05) is 29.5 Å². The number of benzene rings is 3. The Bertz CT molecular complexity index is 1810. The predicted octanol–water partition coefficient (Wildman–Crippen LogP) is 3.53. The summed E-state index contributed by atoms with van der Waals surface area (Å²) in [6, 6.07) is 16.9. The van der Waals surface area contributed by atoms with Gasteiger partial charge in [0, 0.05) is 30.8 Å². The van der Waals surface area contributed by atoms with Crippen molar-refractivity contribution < 1.29 is 32.2 Å². The minimum atomic E-state index is -3.78. The minimum Gasteiger partial charge on any atom is -0.486 e. The topological polar surface area (TPSA) is 117 Å². The maximum absolute atomic E-state index is 13.3. The van der Waals surface area contributed by atoms with E-state index >= 15 is 0 Å². The van der Waals surface area contributed by atoms with Crippen LogP contribution < -0.4 is 18.6 Å². The molecule has 1 aromatic heterocycles. The molecule has 0 saturated carbocycles. The first-order chi connectivity index (χ1) is 19.3. The summed E-state index contributed by atoms with van der Waals surface area (Å²) in [6.45, 7) is 1.48. The van der Waals surface area contributed by atoms with Gasteiger partial charge in [0.15, 0.2) is 16.3 Å². The summed E-state index contributed by atoms with van der Waals surface area (Å²) >= 11 is 1.28. The van der Waals surface area contributed by atoms with E-state index in [9.17, 15) is 18.0 Å². The molecule has 12 heteroatoms. The molecule has 0 spiro atoms. The molecule has 3 heterocycles. The van der Waals surface area contributed by atoms with Gasteiger partial charge in [-0.2, -0.15) is 4.99 Å². The Balaban J connectivity index is 1.32. The number of methoxy groups -OCH3 is 1. The van der Waals surface area contributed by atoms with Crippen LogP contribution in [0.1, 0.15) is 22.3 Å². The molecule has 3 aromatic carbocycles. The van der Waals surface area contributed by atoms with Crippen molar-refractivity contribution in [3.8, 4) is 11.5 Å². The number of amides is 1. The number of para-hydroxylation sites is 1. The first-order valence-electron chi connectivity index (χ1n) is 12.6. The van der Waals surface area contributed by atoms with E-state index < -0.39 is 15.9 Å². The molecular formula is C28H25N3O7S2. The van der Waals surface area contributed by atoms with Gasteiger partial charge in [-0.25, -0.2) is 8.42 Å². The molecule has 0 bridgehead atoms. The highest BCUT2D eigenvalue weighted by molar-refractivity contribution is 7.92. The summed E-state index contributed by atoms with van der Waals surface area (Å²) in [4.78, 5) is 29.9. The van der Waals surface area contributed by atoms with Gasteiger partial charge in [0.2, 0.25) is 0 Å². The molecule has 0 unspecified atom stereocenters. The molecule has 1 amide bonds. The Labute approximate surface area is 234 Å². The molecule has 0 radical (unpaired) electrons. The summed E-state index contributed by atoms with van der Waals surface area (Å²) in [5.74, 6) is 0.263. The third-order valence-corrected chi connectivity index (χ3v) is 9.71. The number of thiazole rings is 1. The lowest BCUT2D eigenvalue weighted by Gasteiger charge is -2.19. The van der Waals surface area contributed by atoms with Crippen molar-refractivity contribution in [3.05, 3.63) is 76.6 Å². The lowest BCUT2D eigenvalue weighted by molar-refractivity contribution is -0.140. The monoisotopic (exact) mass is 579 g/mol. The fraction of sp³-hybridized carbons (Fsp3) is 0.250. The molecule has 6 rings (SSSR count). The predicted molar refractivity (Wildman–Crippen MR) is 148 cm³/mol. The van der Waals surface area contributed by atoms with Crippen LogP contribution in [-0.4, -0.2) is 51.7 Å². The summed E-state index contributed by atoms with van der Waals surface area (Å²) in [5.41, 5.74) is 2.65.